The molecule has 6 heteroatoms. The van der Waals surface area contributed by atoms with Gasteiger partial charge < -0.3 is 14.8 Å². The van der Waals surface area contributed by atoms with Crippen molar-refractivity contribution < 1.29 is 15.0 Å². The lowest BCUT2D eigenvalue weighted by atomic mass is 9.95. The van der Waals surface area contributed by atoms with Crippen LogP contribution in [0, 0.1) is 0 Å². The molecule has 6 nitrogen and oxygen atoms in total. The first-order chi connectivity index (χ1) is 11.4. The Hall–Kier alpha value is -2.89. The molecule has 3 rings (SSSR count). The molecule has 24 heavy (non-hydrogen) atoms. The number of hydrogen-bond acceptors (Lipinski definition) is 5. The Kier molecular flexibility index (Phi) is 3.97. The fourth-order valence-corrected chi connectivity index (χ4v) is 2.80. The number of aromatic nitrogens is 3. The Bertz CT molecular complexity index is 929. The molecule has 0 radical (unpaired) electrons. The van der Waals surface area contributed by atoms with Crippen LogP contribution in [0.5, 0.6) is 11.5 Å². The SMILES string of the molecule is CC(C)c1cc(C(=O)Cc2ncnc3c2ccn3C)c(O)cc1O. The Morgan fingerprint density at radius 3 is 2.67 bits per heavy atom. The molecular formula is C18H19N3O3. The average Bonchev–Trinajstić information content (AvgIpc) is 2.89. The molecule has 0 saturated heterocycles. The molecular weight excluding hydrogens is 306 g/mol. The van der Waals surface area contributed by atoms with E-state index in [0.29, 0.717) is 11.3 Å². The molecule has 0 spiro atoms. The van der Waals surface area contributed by atoms with Gasteiger partial charge in [-0.3, -0.25) is 4.79 Å². The Balaban J connectivity index is 1.99. The zero-order valence-corrected chi connectivity index (χ0v) is 13.8. The van der Waals surface area contributed by atoms with Crippen molar-refractivity contribution in [3.8, 4) is 11.5 Å². The van der Waals surface area contributed by atoms with Gasteiger partial charge in [0, 0.05) is 24.7 Å². The topological polar surface area (TPSA) is 88.2 Å². The smallest absolute Gasteiger partial charge is 0.172 e. The molecule has 0 unspecified atom stereocenters. The molecule has 0 fully saturated rings. The fourth-order valence-electron chi connectivity index (χ4n) is 2.80. The van der Waals surface area contributed by atoms with E-state index >= 15 is 0 Å². The molecule has 0 aliphatic rings. The standard InChI is InChI=1S/C18H19N3O3/c1-10(2)12-6-13(17(24)8-16(12)23)15(22)7-14-11-4-5-21(3)18(11)20-9-19-14/h4-6,8-10,23-24H,7H2,1-3H3. The zero-order valence-electron chi connectivity index (χ0n) is 13.8. The predicted molar refractivity (Wildman–Crippen MR) is 90.4 cm³/mol. The number of aryl methyl sites for hydroxylation is 1. The largest absolute Gasteiger partial charge is 0.508 e. The van der Waals surface area contributed by atoms with Crippen molar-refractivity contribution in [2.24, 2.45) is 7.05 Å². The van der Waals surface area contributed by atoms with E-state index in [-0.39, 0.29) is 35.2 Å². The molecule has 3 aromatic rings. The molecule has 1 aromatic carbocycles. The first-order valence-corrected chi connectivity index (χ1v) is 7.72. The van der Waals surface area contributed by atoms with Crippen LogP contribution in [0.25, 0.3) is 11.0 Å². The fraction of sp³-hybridized carbons (Fsp3) is 0.278. The number of phenolic OH excluding ortho intramolecular Hbond substituents is 2. The third kappa shape index (κ3) is 2.71. The number of benzene rings is 1. The summed E-state index contributed by atoms with van der Waals surface area (Å²) in [5.41, 5.74) is 2.19. The highest BCUT2D eigenvalue weighted by Crippen LogP contribution is 2.33. The second-order valence-electron chi connectivity index (χ2n) is 6.17. The Labute approximate surface area is 139 Å². The number of rotatable bonds is 4. The van der Waals surface area contributed by atoms with Crippen LogP contribution in [-0.2, 0) is 13.5 Å². The van der Waals surface area contributed by atoms with Crippen molar-refractivity contribution in [1.29, 1.82) is 0 Å². The van der Waals surface area contributed by atoms with Crippen LogP contribution >= 0.6 is 0 Å². The third-order valence-corrected chi connectivity index (χ3v) is 4.14. The van der Waals surface area contributed by atoms with Crippen LogP contribution in [0.4, 0.5) is 0 Å². The first-order valence-electron chi connectivity index (χ1n) is 7.72. The van der Waals surface area contributed by atoms with Gasteiger partial charge in [0.2, 0.25) is 0 Å². The summed E-state index contributed by atoms with van der Waals surface area (Å²) in [4.78, 5) is 21.1. The molecule has 2 heterocycles. The zero-order chi connectivity index (χ0) is 17.4. The Morgan fingerprint density at radius 2 is 1.96 bits per heavy atom. The monoisotopic (exact) mass is 325 g/mol. The normalized spacial score (nSPS) is 11.3. The van der Waals surface area contributed by atoms with Crippen molar-refractivity contribution in [3.05, 3.63) is 47.5 Å². The Morgan fingerprint density at radius 1 is 1.21 bits per heavy atom. The number of hydrogen-bond donors (Lipinski definition) is 2. The second-order valence-corrected chi connectivity index (χ2v) is 6.17. The number of ketones is 1. The third-order valence-electron chi connectivity index (χ3n) is 4.14. The van der Waals surface area contributed by atoms with E-state index < -0.39 is 0 Å². The molecule has 0 aliphatic carbocycles. The van der Waals surface area contributed by atoms with Crippen molar-refractivity contribution in [2.75, 3.05) is 0 Å². The van der Waals surface area contributed by atoms with E-state index in [1.165, 1.54) is 12.4 Å². The minimum absolute atomic E-state index is 0.00784. The van der Waals surface area contributed by atoms with E-state index in [1.807, 2.05) is 37.7 Å². The van der Waals surface area contributed by atoms with Gasteiger partial charge in [-0.15, -0.1) is 0 Å². The number of phenols is 2. The van der Waals surface area contributed by atoms with Gasteiger partial charge in [0.1, 0.15) is 23.5 Å². The molecule has 2 N–H and O–H groups in total. The van der Waals surface area contributed by atoms with Crippen molar-refractivity contribution in [3.63, 3.8) is 0 Å². The maximum atomic E-state index is 12.7. The van der Waals surface area contributed by atoms with E-state index in [2.05, 4.69) is 9.97 Å². The van der Waals surface area contributed by atoms with E-state index in [4.69, 9.17) is 0 Å². The number of carbonyl (C=O) groups is 1. The van der Waals surface area contributed by atoms with Gasteiger partial charge in [0.15, 0.2) is 5.78 Å². The van der Waals surface area contributed by atoms with Crippen molar-refractivity contribution >= 4 is 16.8 Å². The lowest BCUT2D eigenvalue weighted by molar-refractivity contribution is 0.0989. The predicted octanol–water partition coefficient (Wildman–Crippen LogP) is 2.93. The maximum Gasteiger partial charge on any atom is 0.172 e. The van der Waals surface area contributed by atoms with Crippen LogP contribution in [0.15, 0.2) is 30.7 Å². The number of aromatic hydroxyl groups is 2. The lowest BCUT2D eigenvalue weighted by Gasteiger charge is -2.12. The van der Waals surface area contributed by atoms with Crippen LogP contribution in [0.1, 0.15) is 41.4 Å². The summed E-state index contributed by atoms with van der Waals surface area (Å²) in [6.45, 7) is 3.83. The van der Waals surface area contributed by atoms with Crippen LogP contribution in [0.3, 0.4) is 0 Å². The minimum atomic E-state index is -0.252. The molecule has 0 saturated carbocycles. The second kappa shape index (κ2) is 5.96. The average molecular weight is 325 g/mol. The van der Waals surface area contributed by atoms with E-state index in [1.54, 1.807) is 6.07 Å². The molecule has 0 bridgehead atoms. The van der Waals surface area contributed by atoms with Gasteiger partial charge in [-0.05, 0) is 23.6 Å². The van der Waals surface area contributed by atoms with Crippen LogP contribution in [-0.4, -0.2) is 30.5 Å². The molecule has 0 amide bonds. The minimum Gasteiger partial charge on any atom is -0.508 e. The van der Waals surface area contributed by atoms with Gasteiger partial charge >= 0.3 is 0 Å². The molecule has 0 aliphatic heterocycles. The molecule has 0 atom stereocenters. The van der Waals surface area contributed by atoms with E-state index in [0.717, 1.165) is 11.0 Å². The maximum absolute atomic E-state index is 12.7. The quantitative estimate of drug-likeness (QED) is 0.720. The molecule has 2 aromatic heterocycles. The van der Waals surface area contributed by atoms with Gasteiger partial charge in [-0.25, -0.2) is 9.97 Å². The van der Waals surface area contributed by atoms with Gasteiger partial charge in [-0.1, -0.05) is 13.8 Å². The van der Waals surface area contributed by atoms with Gasteiger partial charge in [0.05, 0.1) is 17.7 Å². The van der Waals surface area contributed by atoms with Crippen molar-refractivity contribution in [1.82, 2.24) is 14.5 Å². The summed E-state index contributed by atoms with van der Waals surface area (Å²) < 4.78 is 1.86. The van der Waals surface area contributed by atoms with Crippen molar-refractivity contribution in [2.45, 2.75) is 26.2 Å². The van der Waals surface area contributed by atoms with Crippen LogP contribution < -0.4 is 0 Å². The van der Waals surface area contributed by atoms with E-state index in [9.17, 15) is 15.0 Å². The van der Waals surface area contributed by atoms with Crippen LogP contribution in [0.2, 0.25) is 0 Å². The number of Topliss-reactive ketones (excluding diaryl/α,β-unsaturated/α-hetero) is 1. The molecule has 124 valence electrons. The summed E-state index contributed by atoms with van der Waals surface area (Å²) in [6, 6.07) is 4.65. The summed E-state index contributed by atoms with van der Waals surface area (Å²) in [5, 5.41) is 20.8. The summed E-state index contributed by atoms with van der Waals surface area (Å²) in [7, 11) is 1.88. The van der Waals surface area contributed by atoms with Gasteiger partial charge in [-0.2, -0.15) is 0 Å². The lowest BCUT2D eigenvalue weighted by Crippen LogP contribution is -2.07. The number of nitrogens with zero attached hydrogens (tertiary/aromatic N) is 3. The van der Waals surface area contributed by atoms with Gasteiger partial charge in [0.25, 0.3) is 0 Å². The first kappa shape index (κ1) is 16.0. The highest BCUT2D eigenvalue weighted by Gasteiger charge is 2.19. The summed E-state index contributed by atoms with van der Waals surface area (Å²) in [5.74, 6) is -0.443. The number of carbonyl (C=O) groups excluding carboxylic acids is 1. The highest BCUT2D eigenvalue weighted by atomic mass is 16.3. The highest BCUT2D eigenvalue weighted by molar-refractivity contribution is 6.01. The summed E-state index contributed by atoms with van der Waals surface area (Å²) in [6.07, 6.45) is 3.35. The number of fused-ring (bicyclic) bond motifs is 1. The summed E-state index contributed by atoms with van der Waals surface area (Å²) >= 11 is 0.